The van der Waals surface area contributed by atoms with Crippen LogP contribution in [0.4, 0.5) is 0 Å². The summed E-state index contributed by atoms with van der Waals surface area (Å²) in [5.41, 5.74) is 2.00. The van der Waals surface area contributed by atoms with Crippen LogP contribution in [0.1, 0.15) is 57.4 Å². The van der Waals surface area contributed by atoms with Crippen molar-refractivity contribution in [3.05, 3.63) is 46.4 Å². The Labute approximate surface area is 165 Å². The molecule has 5 nitrogen and oxygen atoms in total. The largest absolute Gasteiger partial charge is 0.493 e. The van der Waals surface area contributed by atoms with E-state index in [9.17, 15) is 9.59 Å². The molecule has 0 fully saturated rings. The Hall–Kier alpha value is -2.56. The Morgan fingerprint density at radius 3 is 2.36 bits per heavy atom. The van der Waals surface area contributed by atoms with Crippen molar-refractivity contribution < 1.29 is 23.8 Å². The van der Waals surface area contributed by atoms with Gasteiger partial charge in [0, 0.05) is 42.7 Å². The zero-order chi connectivity index (χ0) is 20.1. The summed E-state index contributed by atoms with van der Waals surface area (Å²) in [7, 11) is 3.17. The van der Waals surface area contributed by atoms with Gasteiger partial charge in [0.1, 0.15) is 11.5 Å². The molecular weight excluding hydrogens is 356 g/mol. The standard InChI is InChI=1S/C23H26O5/c1-23(2)11-15(25)22-19(12-23)28-17-7-5-6-14(24)21(17)20(22)13-8-9-16(26-3)18(10-13)27-4/h8-10,20H,5-7,11-12H2,1-4H3. The van der Waals surface area contributed by atoms with Crippen LogP contribution in [0.15, 0.2) is 40.9 Å². The van der Waals surface area contributed by atoms with E-state index in [1.165, 1.54) is 0 Å². The molecule has 0 N–H and O–H groups in total. The van der Waals surface area contributed by atoms with Crippen molar-refractivity contribution in [1.29, 1.82) is 0 Å². The second kappa shape index (κ2) is 6.80. The second-order valence-electron chi connectivity index (χ2n) is 8.54. The molecule has 0 radical (unpaired) electrons. The van der Waals surface area contributed by atoms with E-state index in [1.54, 1.807) is 14.2 Å². The summed E-state index contributed by atoms with van der Waals surface area (Å²) in [6, 6.07) is 5.62. The Morgan fingerprint density at radius 2 is 1.64 bits per heavy atom. The summed E-state index contributed by atoms with van der Waals surface area (Å²) in [6.07, 6.45) is 3.17. The quantitative estimate of drug-likeness (QED) is 0.772. The van der Waals surface area contributed by atoms with Crippen molar-refractivity contribution >= 4 is 11.6 Å². The first-order valence-corrected chi connectivity index (χ1v) is 9.77. The highest BCUT2D eigenvalue weighted by atomic mass is 16.5. The van der Waals surface area contributed by atoms with Gasteiger partial charge < -0.3 is 14.2 Å². The summed E-state index contributed by atoms with van der Waals surface area (Å²) >= 11 is 0. The average molecular weight is 382 g/mol. The first-order chi connectivity index (χ1) is 13.3. The van der Waals surface area contributed by atoms with Crippen LogP contribution < -0.4 is 9.47 Å². The fourth-order valence-corrected chi connectivity index (χ4v) is 4.61. The third kappa shape index (κ3) is 3.03. The third-order valence-electron chi connectivity index (χ3n) is 5.85. The predicted octanol–water partition coefficient (Wildman–Crippen LogP) is 4.47. The van der Waals surface area contributed by atoms with Crippen LogP contribution in [0.3, 0.4) is 0 Å². The molecule has 1 aromatic rings. The Bertz CT molecular complexity index is 919. The van der Waals surface area contributed by atoms with Gasteiger partial charge >= 0.3 is 0 Å². The van der Waals surface area contributed by atoms with Crippen LogP contribution in [0.2, 0.25) is 0 Å². The fraction of sp³-hybridized carbons (Fsp3) is 0.478. The fourth-order valence-electron chi connectivity index (χ4n) is 4.61. The van der Waals surface area contributed by atoms with Crippen molar-refractivity contribution in [2.24, 2.45) is 5.41 Å². The van der Waals surface area contributed by atoms with Crippen LogP contribution in [0.25, 0.3) is 0 Å². The van der Waals surface area contributed by atoms with E-state index < -0.39 is 5.92 Å². The van der Waals surface area contributed by atoms with Gasteiger partial charge in [-0.25, -0.2) is 0 Å². The Morgan fingerprint density at radius 1 is 0.929 bits per heavy atom. The van der Waals surface area contributed by atoms with E-state index in [0.29, 0.717) is 41.9 Å². The smallest absolute Gasteiger partial charge is 0.163 e. The second-order valence-corrected chi connectivity index (χ2v) is 8.54. The maximum atomic E-state index is 13.2. The summed E-state index contributed by atoms with van der Waals surface area (Å²) in [6.45, 7) is 4.17. The van der Waals surface area contributed by atoms with Gasteiger partial charge in [-0.15, -0.1) is 0 Å². The topological polar surface area (TPSA) is 61.8 Å². The van der Waals surface area contributed by atoms with Crippen molar-refractivity contribution in [1.82, 2.24) is 0 Å². The maximum absolute atomic E-state index is 13.2. The minimum Gasteiger partial charge on any atom is -0.493 e. The maximum Gasteiger partial charge on any atom is 0.163 e. The van der Waals surface area contributed by atoms with Gasteiger partial charge in [0.05, 0.1) is 14.2 Å². The van der Waals surface area contributed by atoms with E-state index in [4.69, 9.17) is 14.2 Å². The molecule has 4 rings (SSSR count). The number of hydrogen-bond donors (Lipinski definition) is 0. The number of ketones is 2. The highest BCUT2D eigenvalue weighted by Gasteiger charge is 2.45. The molecule has 0 bridgehead atoms. The van der Waals surface area contributed by atoms with Crippen molar-refractivity contribution in [3.63, 3.8) is 0 Å². The lowest BCUT2D eigenvalue weighted by molar-refractivity contribution is -0.119. The van der Waals surface area contributed by atoms with E-state index in [2.05, 4.69) is 13.8 Å². The van der Waals surface area contributed by atoms with Gasteiger partial charge in [-0.1, -0.05) is 19.9 Å². The number of allylic oxidation sites excluding steroid dienone is 4. The van der Waals surface area contributed by atoms with Gasteiger partial charge in [0.2, 0.25) is 0 Å². The molecule has 0 saturated heterocycles. The number of benzene rings is 1. The van der Waals surface area contributed by atoms with Crippen molar-refractivity contribution in [2.45, 2.75) is 51.9 Å². The lowest BCUT2D eigenvalue weighted by Gasteiger charge is -2.40. The molecule has 1 atom stereocenters. The number of hydrogen-bond acceptors (Lipinski definition) is 5. The first-order valence-electron chi connectivity index (χ1n) is 9.77. The molecule has 2 aliphatic carbocycles. The monoisotopic (exact) mass is 382 g/mol. The molecule has 3 aliphatic rings. The molecule has 5 heteroatoms. The average Bonchev–Trinajstić information content (AvgIpc) is 2.65. The van der Waals surface area contributed by atoms with Crippen LogP contribution in [-0.2, 0) is 14.3 Å². The lowest BCUT2D eigenvalue weighted by Crippen LogP contribution is -2.35. The Balaban J connectivity index is 1.90. The highest BCUT2D eigenvalue weighted by molar-refractivity contribution is 6.06. The van der Waals surface area contributed by atoms with Crippen LogP contribution in [-0.4, -0.2) is 25.8 Å². The van der Waals surface area contributed by atoms with Crippen LogP contribution >= 0.6 is 0 Å². The molecule has 0 aromatic heterocycles. The van der Waals surface area contributed by atoms with Gasteiger partial charge in [0.15, 0.2) is 23.1 Å². The number of ether oxygens (including phenoxy) is 3. The predicted molar refractivity (Wildman–Crippen MR) is 104 cm³/mol. The summed E-state index contributed by atoms with van der Waals surface area (Å²) in [4.78, 5) is 26.0. The van der Waals surface area contributed by atoms with E-state index in [1.807, 2.05) is 18.2 Å². The molecule has 1 aromatic carbocycles. The van der Waals surface area contributed by atoms with Crippen LogP contribution in [0.5, 0.6) is 11.5 Å². The summed E-state index contributed by atoms with van der Waals surface area (Å²) < 4.78 is 17.0. The molecule has 1 aliphatic heterocycles. The lowest BCUT2D eigenvalue weighted by atomic mass is 9.68. The number of rotatable bonds is 3. The Kier molecular flexibility index (Phi) is 4.56. The van der Waals surface area contributed by atoms with E-state index in [0.717, 1.165) is 29.9 Å². The summed E-state index contributed by atoms with van der Waals surface area (Å²) in [5, 5.41) is 0. The number of methoxy groups -OCH3 is 2. The summed E-state index contributed by atoms with van der Waals surface area (Å²) in [5.74, 6) is 2.42. The number of Topliss-reactive ketones (excluding diaryl/α,β-unsaturated/α-hetero) is 2. The van der Waals surface area contributed by atoms with Gasteiger partial charge in [-0.05, 0) is 29.5 Å². The van der Waals surface area contributed by atoms with Gasteiger partial charge in [-0.2, -0.15) is 0 Å². The minimum absolute atomic E-state index is 0.0657. The first kappa shape index (κ1) is 18.8. The minimum atomic E-state index is -0.394. The molecule has 1 heterocycles. The van der Waals surface area contributed by atoms with E-state index >= 15 is 0 Å². The van der Waals surface area contributed by atoms with Crippen molar-refractivity contribution in [3.8, 4) is 11.5 Å². The number of carbonyl (C=O) groups excluding carboxylic acids is 2. The van der Waals surface area contributed by atoms with E-state index in [-0.39, 0.29) is 17.0 Å². The molecule has 0 spiro atoms. The van der Waals surface area contributed by atoms with Gasteiger partial charge in [0.25, 0.3) is 0 Å². The number of carbonyl (C=O) groups is 2. The SMILES string of the molecule is COc1ccc(C2C3=C(CCCC3=O)OC3=C2C(=O)CC(C)(C)C3)cc1OC. The molecular formula is C23H26O5. The highest BCUT2D eigenvalue weighted by Crippen LogP contribution is 2.51. The molecule has 0 saturated carbocycles. The van der Waals surface area contributed by atoms with Crippen LogP contribution in [0, 0.1) is 5.41 Å². The molecule has 1 unspecified atom stereocenters. The normalized spacial score (nSPS) is 23.8. The molecule has 148 valence electrons. The zero-order valence-electron chi connectivity index (χ0n) is 16.9. The van der Waals surface area contributed by atoms with Gasteiger partial charge in [-0.3, -0.25) is 9.59 Å². The third-order valence-corrected chi connectivity index (χ3v) is 5.85. The molecule has 0 amide bonds. The molecule has 28 heavy (non-hydrogen) atoms. The zero-order valence-corrected chi connectivity index (χ0v) is 16.9. The van der Waals surface area contributed by atoms with Crippen molar-refractivity contribution in [2.75, 3.05) is 14.2 Å².